The van der Waals surface area contributed by atoms with Gasteiger partial charge in [0, 0.05) is 6.07 Å². The van der Waals surface area contributed by atoms with Gasteiger partial charge in [-0.1, -0.05) is 26.2 Å². The Balaban J connectivity index is 2.18. The van der Waals surface area contributed by atoms with Crippen LogP contribution in [0.15, 0.2) is 17.0 Å². The zero-order valence-corrected chi connectivity index (χ0v) is 9.96. The van der Waals surface area contributed by atoms with E-state index in [0.717, 1.165) is 17.6 Å². The lowest BCUT2D eigenvalue weighted by molar-refractivity contribution is 0.293. The van der Waals surface area contributed by atoms with E-state index < -0.39 is 0 Å². The molecule has 0 amide bonds. The van der Waals surface area contributed by atoms with Crippen LogP contribution in [0.5, 0.6) is 5.88 Å². The third-order valence-corrected chi connectivity index (χ3v) is 2.29. The van der Waals surface area contributed by atoms with Gasteiger partial charge in [-0.3, -0.25) is 0 Å². The molecule has 4 heteroatoms. The Hall–Kier alpha value is -0.640. The molecule has 0 spiro atoms. The van der Waals surface area contributed by atoms with E-state index in [9.17, 15) is 0 Å². The first kappa shape index (κ1) is 11.4. The third-order valence-electron chi connectivity index (χ3n) is 1.86. The molecular weight excluding hydrogens is 244 g/mol. The summed E-state index contributed by atoms with van der Waals surface area (Å²) in [6, 6.07) is 1.78. The summed E-state index contributed by atoms with van der Waals surface area (Å²) in [6.45, 7) is 2.94. The lowest BCUT2D eigenvalue weighted by atomic mass is 10.2. The predicted molar refractivity (Wildman–Crippen MR) is 59.4 cm³/mol. The number of hydrogen-bond donors (Lipinski definition) is 0. The smallest absolute Gasteiger partial charge is 0.217 e. The quantitative estimate of drug-likeness (QED) is 0.581. The second-order valence-corrected chi connectivity index (χ2v) is 3.90. The first-order chi connectivity index (χ1) is 6.83. The minimum Gasteiger partial charge on any atom is -0.478 e. The second-order valence-electron chi connectivity index (χ2n) is 3.09. The average molecular weight is 259 g/mol. The summed E-state index contributed by atoms with van der Waals surface area (Å²) in [4.78, 5) is 7.92. The van der Waals surface area contributed by atoms with Crippen LogP contribution < -0.4 is 4.74 Å². The lowest BCUT2D eigenvalue weighted by Crippen LogP contribution is -1.99. The molecule has 1 rings (SSSR count). The van der Waals surface area contributed by atoms with Gasteiger partial charge in [-0.2, -0.15) is 0 Å². The van der Waals surface area contributed by atoms with Crippen molar-refractivity contribution >= 4 is 15.9 Å². The normalized spacial score (nSPS) is 10.1. The zero-order valence-electron chi connectivity index (χ0n) is 8.37. The molecule has 0 aromatic carbocycles. The highest BCUT2D eigenvalue weighted by atomic mass is 79.9. The molecule has 3 nitrogen and oxygen atoms in total. The molecule has 0 saturated heterocycles. The third kappa shape index (κ3) is 4.56. The Morgan fingerprint density at radius 3 is 2.86 bits per heavy atom. The van der Waals surface area contributed by atoms with Crippen molar-refractivity contribution in [3.8, 4) is 5.88 Å². The van der Waals surface area contributed by atoms with Gasteiger partial charge in [0.05, 0.1) is 6.61 Å². The Morgan fingerprint density at radius 2 is 2.14 bits per heavy atom. The van der Waals surface area contributed by atoms with Crippen molar-refractivity contribution in [3.63, 3.8) is 0 Å². The molecule has 78 valence electrons. The highest BCUT2D eigenvalue weighted by molar-refractivity contribution is 9.10. The molecule has 0 radical (unpaired) electrons. The van der Waals surface area contributed by atoms with E-state index in [-0.39, 0.29) is 0 Å². The molecule has 0 bridgehead atoms. The van der Waals surface area contributed by atoms with E-state index in [0.29, 0.717) is 5.88 Å². The molecule has 0 aliphatic rings. The summed E-state index contributed by atoms with van der Waals surface area (Å²) in [6.07, 6.45) is 6.33. The van der Waals surface area contributed by atoms with E-state index in [4.69, 9.17) is 4.74 Å². The summed E-state index contributed by atoms with van der Waals surface area (Å²) >= 11 is 3.26. The van der Waals surface area contributed by atoms with Crippen molar-refractivity contribution in [2.24, 2.45) is 0 Å². The number of aromatic nitrogens is 2. The number of halogens is 1. The summed E-state index contributed by atoms with van der Waals surface area (Å²) in [5, 5.41) is 0. The standard InChI is InChI=1S/C10H15BrN2O/c1-2-3-4-5-6-14-10-7-9(11)12-8-13-10/h7-8H,2-6H2,1H3. The van der Waals surface area contributed by atoms with Gasteiger partial charge in [0.15, 0.2) is 0 Å². The molecule has 14 heavy (non-hydrogen) atoms. The number of unbranched alkanes of at least 4 members (excludes halogenated alkanes) is 3. The van der Waals surface area contributed by atoms with E-state index in [1.165, 1.54) is 25.6 Å². The molecule has 0 aliphatic heterocycles. The number of rotatable bonds is 6. The maximum Gasteiger partial charge on any atom is 0.217 e. The van der Waals surface area contributed by atoms with Crippen LogP contribution in [0, 0.1) is 0 Å². The van der Waals surface area contributed by atoms with Crippen molar-refractivity contribution < 1.29 is 4.74 Å². The largest absolute Gasteiger partial charge is 0.478 e. The minimum absolute atomic E-state index is 0.642. The molecule has 0 fully saturated rings. The van der Waals surface area contributed by atoms with Crippen molar-refractivity contribution in [1.29, 1.82) is 0 Å². The highest BCUT2D eigenvalue weighted by Crippen LogP contribution is 2.12. The van der Waals surface area contributed by atoms with Crippen LogP contribution in [0.2, 0.25) is 0 Å². The predicted octanol–water partition coefficient (Wildman–Crippen LogP) is 3.20. The van der Waals surface area contributed by atoms with E-state index in [2.05, 4.69) is 32.8 Å². The number of hydrogen-bond acceptors (Lipinski definition) is 3. The maximum absolute atomic E-state index is 5.45. The molecule has 1 aromatic heterocycles. The van der Waals surface area contributed by atoms with Crippen LogP contribution in [0.1, 0.15) is 32.6 Å². The van der Waals surface area contributed by atoms with Crippen LogP contribution in [-0.4, -0.2) is 16.6 Å². The van der Waals surface area contributed by atoms with E-state index in [1.807, 2.05) is 0 Å². The van der Waals surface area contributed by atoms with Crippen LogP contribution in [-0.2, 0) is 0 Å². The summed E-state index contributed by atoms with van der Waals surface area (Å²) < 4.78 is 6.21. The molecule has 1 aromatic rings. The average Bonchev–Trinajstić information content (AvgIpc) is 2.18. The maximum atomic E-state index is 5.45. The molecule has 0 saturated carbocycles. The van der Waals surface area contributed by atoms with Crippen molar-refractivity contribution in [2.75, 3.05) is 6.61 Å². The van der Waals surface area contributed by atoms with Crippen LogP contribution in [0.25, 0.3) is 0 Å². The summed E-state index contributed by atoms with van der Waals surface area (Å²) in [7, 11) is 0. The van der Waals surface area contributed by atoms with Gasteiger partial charge in [-0.15, -0.1) is 0 Å². The van der Waals surface area contributed by atoms with Crippen molar-refractivity contribution in [2.45, 2.75) is 32.6 Å². The molecule has 0 N–H and O–H groups in total. The van der Waals surface area contributed by atoms with Gasteiger partial charge in [-0.05, 0) is 22.4 Å². The van der Waals surface area contributed by atoms with Gasteiger partial charge < -0.3 is 4.74 Å². The monoisotopic (exact) mass is 258 g/mol. The van der Waals surface area contributed by atoms with Gasteiger partial charge in [0.1, 0.15) is 10.9 Å². The lowest BCUT2D eigenvalue weighted by Gasteiger charge is -2.04. The first-order valence-corrected chi connectivity index (χ1v) is 5.72. The van der Waals surface area contributed by atoms with Crippen LogP contribution in [0.3, 0.4) is 0 Å². The molecule has 0 atom stereocenters. The molecule has 1 heterocycles. The summed E-state index contributed by atoms with van der Waals surface area (Å²) in [5.74, 6) is 0.642. The van der Waals surface area contributed by atoms with E-state index >= 15 is 0 Å². The zero-order chi connectivity index (χ0) is 10.2. The minimum atomic E-state index is 0.642. The van der Waals surface area contributed by atoms with Gasteiger partial charge in [0.25, 0.3) is 0 Å². The highest BCUT2D eigenvalue weighted by Gasteiger charge is 1.96. The van der Waals surface area contributed by atoms with Crippen LogP contribution in [0.4, 0.5) is 0 Å². The van der Waals surface area contributed by atoms with E-state index in [1.54, 1.807) is 6.07 Å². The Bertz CT molecular complexity index is 268. The Morgan fingerprint density at radius 1 is 1.29 bits per heavy atom. The first-order valence-electron chi connectivity index (χ1n) is 4.93. The fourth-order valence-electron chi connectivity index (χ4n) is 1.10. The summed E-state index contributed by atoms with van der Waals surface area (Å²) in [5.41, 5.74) is 0. The Kier molecular flexibility index (Phi) is 5.52. The van der Waals surface area contributed by atoms with Crippen molar-refractivity contribution in [1.82, 2.24) is 9.97 Å². The number of nitrogens with zero attached hydrogens (tertiary/aromatic N) is 2. The molecule has 0 aliphatic carbocycles. The Labute approximate surface area is 93.0 Å². The fraction of sp³-hybridized carbons (Fsp3) is 0.600. The van der Waals surface area contributed by atoms with Crippen molar-refractivity contribution in [3.05, 3.63) is 17.0 Å². The second kappa shape index (κ2) is 6.76. The topological polar surface area (TPSA) is 35.0 Å². The molecular formula is C10H15BrN2O. The molecule has 0 unspecified atom stereocenters. The van der Waals surface area contributed by atoms with Gasteiger partial charge in [-0.25, -0.2) is 9.97 Å². The SMILES string of the molecule is CCCCCCOc1cc(Br)ncn1. The number of ether oxygens (including phenoxy) is 1. The van der Waals surface area contributed by atoms with Crippen LogP contribution >= 0.6 is 15.9 Å². The van der Waals surface area contributed by atoms with Gasteiger partial charge in [0.2, 0.25) is 5.88 Å². The fourth-order valence-corrected chi connectivity index (χ4v) is 1.39. The van der Waals surface area contributed by atoms with Gasteiger partial charge >= 0.3 is 0 Å².